The van der Waals surface area contributed by atoms with Crippen molar-refractivity contribution in [3.63, 3.8) is 0 Å². The summed E-state index contributed by atoms with van der Waals surface area (Å²) in [4.78, 5) is 10.7. The molecule has 1 aliphatic heterocycles. The van der Waals surface area contributed by atoms with Crippen molar-refractivity contribution in [2.45, 2.75) is 12.8 Å². The number of rotatable bonds is 2. The maximum absolute atomic E-state index is 14.1. The van der Waals surface area contributed by atoms with Crippen LogP contribution in [0.3, 0.4) is 0 Å². The second-order valence-electron chi connectivity index (χ2n) is 5.20. The normalized spacial score (nSPS) is 15.0. The molecule has 0 unspecified atom stereocenters. The zero-order valence-corrected chi connectivity index (χ0v) is 12.0. The molecule has 0 spiro atoms. The highest BCUT2D eigenvalue weighted by Gasteiger charge is 2.18. The maximum atomic E-state index is 14.1. The summed E-state index contributed by atoms with van der Waals surface area (Å²) in [6.07, 6.45) is 4.63. The Labute approximate surface area is 128 Å². The molecule has 2 aromatic rings. The Morgan fingerprint density at radius 1 is 1.18 bits per heavy atom. The molecule has 113 valence electrons. The summed E-state index contributed by atoms with van der Waals surface area (Å²) in [5.41, 5.74) is 2.23. The summed E-state index contributed by atoms with van der Waals surface area (Å²) < 4.78 is 14.1. The number of oxime groups is 1. The second-order valence-corrected chi connectivity index (χ2v) is 5.20. The van der Waals surface area contributed by atoms with Gasteiger partial charge in [0.25, 0.3) is 0 Å². The number of hydrogen-bond donors (Lipinski definition) is 1. The van der Waals surface area contributed by atoms with Gasteiger partial charge in [0.1, 0.15) is 5.82 Å². The lowest BCUT2D eigenvalue weighted by Crippen LogP contribution is -2.35. The van der Waals surface area contributed by atoms with Crippen LogP contribution in [0, 0.1) is 12.7 Å². The quantitative estimate of drug-likeness (QED) is 0.684. The van der Waals surface area contributed by atoms with E-state index in [-0.39, 0.29) is 5.82 Å². The zero-order chi connectivity index (χ0) is 15.5. The first-order valence-electron chi connectivity index (χ1n) is 7.06. The van der Waals surface area contributed by atoms with E-state index in [1.807, 2.05) is 4.90 Å². The molecule has 5 nitrogen and oxygen atoms in total. The van der Waals surface area contributed by atoms with E-state index in [2.05, 4.69) is 22.0 Å². The van der Waals surface area contributed by atoms with Gasteiger partial charge >= 0.3 is 0 Å². The van der Waals surface area contributed by atoms with Crippen LogP contribution in [-0.2, 0) is 0 Å². The maximum Gasteiger partial charge on any atom is 0.225 e. The van der Waals surface area contributed by atoms with Crippen LogP contribution in [0.15, 0.2) is 35.7 Å². The predicted molar refractivity (Wildman–Crippen MR) is 82.6 cm³/mol. The fraction of sp³-hybridized carbons (Fsp3) is 0.250. The molecular formula is C16H16FN4O. The summed E-state index contributed by atoms with van der Waals surface area (Å²) >= 11 is 0. The molecule has 0 saturated carbocycles. The first-order chi connectivity index (χ1) is 10.7. The lowest BCUT2D eigenvalue weighted by atomic mass is 10.1. The SMILES string of the molecule is [CH2]c1cccc(-c2cnc(N3CCC(=NO)CC3)nc2)c1F. The molecule has 22 heavy (non-hydrogen) atoms. The van der Waals surface area contributed by atoms with Crippen molar-refractivity contribution in [2.24, 2.45) is 5.16 Å². The Bertz CT molecular complexity index is 690. The van der Waals surface area contributed by atoms with E-state index in [1.54, 1.807) is 30.6 Å². The Morgan fingerprint density at radius 3 is 2.50 bits per heavy atom. The van der Waals surface area contributed by atoms with Crippen LogP contribution >= 0.6 is 0 Å². The third-order valence-electron chi connectivity index (χ3n) is 3.79. The summed E-state index contributed by atoms with van der Waals surface area (Å²) in [6, 6.07) is 5.07. The van der Waals surface area contributed by atoms with Crippen LogP contribution in [-0.4, -0.2) is 34.0 Å². The molecule has 1 aliphatic rings. The van der Waals surface area contributed by atoms with E-state index >= 15 is 0 Å². The van der Waals surface area contributed by atoms with Crippen molar-refractivity contribution in [1.29, 1.82) is 0 Å². The van der Waals surface area contributed by atoms with E-state index in [4.69, 9.17) is 5.21 Å². The minimum absolute atomic E-state index is 0.347. The van der Waals surface area contributed by atoms with Crippen molar-refractivity contribution >= 4 is 11.7 Å². The van der Waals surface area contributed by atoms with Gasteiger partial charge in [-0.3, -0.25) is 0 Å². The van der Waals surface area contributed by atoms with Crippen molar-refractivity contribution in [2.75, 3.05) is 18.0 Å². The van der Waals surface area contributed by atoms with Gasteiger partial charge in [0.05, 0.1) is 5.71 Å². The highest BCUT2D eigenvalue weighted by atomic mass is 19.1. The zero-order valence-electron chi connectivity index (χ0n) is 12.0. The average molecular weight is 299 g/mol. The van der Waals surface area contributed by atoms with Gasteiger partial charge in [-0.05, 0) is 12.5 Å². The molecule has 0 bridgehead atoms. The number of nitrogens with zero attached hydrogens (tertiary/aromatic N) is 4. The predicted octanol–water partition coefficient (Wildman–Crippen LogP) is 2.90. The second kappa shape index (κ2) is 6.09. The number of hydrogen-bond acceptors (Lipinski definition) is 5. The van der Waals surface area contributed by atoms with Gasteiger partial charge < -0.3 is 10.1 Å². The molecule has 1 aromatic carbocycles. The summed E-state index contributed by atoms with van der Waals surface area (Å²) in [5, 5.41) is 12.0. The monoisotopic (exact) mass is 299 g/mol. The van der Waals surface area contributed by atoms with Crippen molar-refractivity contribution in [3.05, 3.63) is 48.9 Å². The standard InChI is InChI=1S/C16H16FN4O/c1-11-3-2-4-14(15(11)17)12-9-18-16(19-10-12)21-7-5-13(20-22)6-8-21/h2-4,9-10,22H,1,5-8H2. The Hall–Kier alpha value is -2.50. The van der Waals surface area contributed by atoms with Crippen molar-refractivity contribution < 1.29 is 9.60 Å². The van der Waals surface area contributed by atoms with Gasteiger partial charge in [-0.2, -0.15) is 0 Å². The molecule has 1 aromatic heterocycles. The Balaban J connectivity index is 1.80. The number of halogens is 1. The molecule has 6 heteroatoms. The number of anilines is 1. The van der Waals surface area contributed by atoms with Gasteiger partial charge in [0, 0.05) is 49.5 Å². The van der Waals surface area contributed by atoms with Crippen LogP contribution in [0.1, 0.15) is 18.4 Å². The van der Waals surface area contributed by atoms with Crippen LogP contribution in [0.4, 0.5) is 10.3 Å². The number of benzene rings is 1. The van der Waals surface area contributed by atoms with Gasteiger partial charge in [-0.1, -0.05) is 23.4 Å². The van der Waals surface area contributed by atoms with Gasteiger partial charge in [-0.25, -0.2) is 14.4 Å². The largest absolute Gasteiger partial charge is 0.411 e. The fourth-order valence-electron chi connectivity index (χ4n) is 2.49. The van der Waals surface area contributed by atoms with Crippen molar-refractivity contribution in [3.8, 4) is 11.1 Å². The lowest BCUT2D eigenvalue weighted by molar-refractivity contribution is 0.315. The number of piperidine rings is 1. The highest BCUT2D eigenvalue weighted by molar-refractivity contribution is 5.85. The Kier molecular flexibility index (Phi) is 4.00. The molecule has 1 saturated heterocycles. The van der Waals surface area contributed by atoms with E-state index < -0.39 is 0 Å². The van der Waals surface area contributed by atoms with E-state index in [9.17, 15) is 4.39 Å². The third-order valence-corrected chi connectivity index (χ3v) is 3.79. The summed E-state index contributed by atoms with van der Waals surface area (Å²) in [7, 11) is 0. The average Bonchev–Trinajstić information content (AvgIpc) is 2.58. The highest BCUT2D eigenvalue weighted by Crippen LogP contribution is 2.24. The smallest absolute Gasteiger partial charge is 0.225 e. The minimum Gasteiger partial charge on any atom is -0.411 e. The van der Waals surface area contributed by atoms with Gasteiger partial charge in [0.2, 0.25) is 5.95 Å². The van der Waals surface area contributed by atoms with Crippen LogP contribution in [0.5, 0.6) is 0 Å². The molecular weight excluding hydrogens is 283 g/mol. The molecule has 1 radical (unpaired) electrons. The van der Waals surface area contributed by atoms with Crippen LogP contribution < -0.4 is 4.90 Å². The van der Waals surface area contributed by atoms with E-state index in [0.29, 0.717) is 48.6 Å². The first-order valence-corrected chi connectivity index (χ1v) is 7.06. The van der Waals surface area contributed by atoms with E-state index in [1.165, 1.54) is 0 Å². The summed E-state index contributed by atoms with van der Waals surface area (Å²) in [6.45, 7) is 5.08. The lowest BCUT2D eigenvalue weighted by Gasteiger charge is -2.27. The Morgan fingerprint density at radius 2 is 1.86 bits per heavy atom. The topological polar surface area (TPSA) is 61.6 Å². The van der Waals surface area contributed by atoms with Crippen LogP contribution in [0.25, 0.3) is 11.1 Å². The minimum atomic E-state index is -0.347. The first kappa shape index (κ1) is 14.4. The molecule has 1 fully saturated rings. The molecule has 0 aliphatic carbocycles. The molecule has 3 rings (SSSR count). The van der Waals surface area contributed by atoms with E-state index in [0.717, 1.165) is 5.71 Å². The molecule has 1 N–H and O–H groups in total. The number of aromatic nitrogens is 2. The molecule has 0 atom stereocenters. The third kappa shape index (κ3) is 2.77. The van der Waals surface area contributed by atoms with Crippen molar-refractivity contribution in [1.82, 2.24) is 9.97 Å². The van der Waals surface area contributed by atoms with Gasteiger partial charge in [0.15, 0.2) is 0 Å². The fourth-order valence-corrected chi connectivity index (χ4v) is 2.49. The molecule has 0 amide bonds. The van der Waals surface area contributed by atoms with Crippen LogP contribution in [0.2, 0.25) is 0 Å². The van der Waals surface area contributed by atoms with Gasteiger partial charge in [-0.15, -0.1) is 0 Å². The molecule has 2 heterocycles. The summed E-state index contributed by atoms with van der Waals surface area (Å²) in [5.74, 6) is 0.257.